The molecule has 128 valence electrons. The van der Waals surface area contributed by atoms with Gasteiger partial charge in [0.25, 0.3) is 0 Å². The second kappa shape index (κ2) is 5.51. The Kier molecular flexibility index (Phi) is 3.41. The van der Waals surface area contributed by atoms with Crippen LogP contribution < -0.4 is 0 Å². The first-order valence-corrected chi connectivity index (χ1v) is 8.04. The Labute approximate surface area is 143 Å². The molecule has 1 atom stereocenters. The average Bonchev–Trinajstić information content (AvgIpc) is 3.25. The van der Waals surface area contributed by atoms with E-state index in [1.54, 1.807) is 10.7 Å². The highest BCUT2D eigenvalue weighted by Gasteiger charge is 2.24. The minimum Gasteiger partial charge on any atom is -0.361 e. The molecule has 0 N–H and O–H groups in total. The molecule has 8 nitrogen and oxygen atoms in total. The second-order valence-electron chi connectivity index (χ2n) is 6.25. The Bertz CT molecular complexity index is 1050. The van der Waals surface area contributed by atoms with Gasteiger partial charge in [-0.05, 0) is 40.7 Å². The van der Waals surface area contributed by atoms with Crippen LogP contribution in [0.2, 0.25) is 0 Å². The summed E-state index contributed by atoms with van der Waals surface area (Å²) in [6.45, 7) is 9.71. The molecule has 0 amide bonds. The van der Waals surface area contributed by atoms with Crippen molar-refractivity contribution in [3.8, 4) is 11.4 Å². The van der Waals surface area contributed by atoms with Gasteiger partial charge < -0.3 is 9.05 Å². The van der Waals surface area contributed by atoms with Gasteiger partial charge in [0, 0.05) is 17.0 Å². The quantitative estimate of drug-likeness (QED) is 0.566. The Hall–Kier alpha value is -3.03. The van der Waals surface area contributed by atoms with Crippen LogP contribution in [0.4, 0.5) is 0 Å². The van der Waals surface area contributed by atoms with Gasteiger partial charge in [-0.25, -0.2) is 9.50 Å². The Morgan fingerprint density at radius 2 is 1.84 bits per heavy atom. The summed E-state index contributed by atoms with van der Waals surface area (Å²) < 4.78 is 12.5. The van der Waals surface area contributed by atoms with Crippen LogP contribution in [0.15, 0.2) is 21.3 Å². The van der Waals surface area contributed by atoms with Gasteiger partial charge in [-0.15, -0.1) is 0 Å². The van der Waals surface area contributed by atoms with Crippen LogP contribution in [-0.4, -0.2) is 29.9 Å². The van der Waals surface area contributed by atoms with Crippen molar-refractivity contribution >= 4 is 5.65 Å². The number of rotatable bonds is 3. The molecule has 0 bridgehead atoms. The second-order valence-corrected chi connectivity index (χ2v) is 6.25. The Balaban J connectivity index is 1.77. The van der Waals surface area contributed by atoms with E-state index < -0.39 is 0 Å². The van der Waals surface area contributed by atoms with Crippen LogP contribution in [0.3, 0.4) is 0 Å². The van der Waals surface area contributed by atoms with E-state index >= 15 is 0 Å². The molecule has 0 aromatic carbocycles. The maximum absolute atomic E-state index is 5.50. The summed E-state index contributed by atoms with van der Waals surface area (Å²) in [6, 6.07) is 1.98. The lowest BCUT2D eigenvalue weighted by molar-refractivity contribution is 0.367. The van der Waals surface area contributed by atoms with E-state index in [1.807, 2.05) is 40.7 Å². The largest absolute Gasteiger partial charge is 0.361 e. The fourth-order valence-corrected chi connectivity index (χ4v) is 3.18. The maximum Gasteiger partial charge on any atom is 0.234 e. The minimum atomic E-state index is -0.106. The van der Waals surface area contributed by atoms with Crippen LogP contribution in [0, 0.1) is 27.7 Å². The number of nitrogens with zero attached hydrogens (tertiary/aromatic N) is 6. The molecule has 0 aliphatic heterocycles. The van der Waals surface area contributed by atoms with E-state index in [-0.39, 0.29) is 5.92 Å². The predicted octanol–water partition coefficient (Wildman–Crippen LogP) is 3.15. The molecule has 0 saturated carbocycles. The number of fused-ring (bicyclic) bond motifs is 1. The molecule has 0 aliphatic carbocycles. The average molecular weight is 338 g/mol. The molecule has 0 fully saturated rings. The molecule has 25 heavy (non-hydrogen) atoms. The molecule has 0 spiro atoms. The first kappa shape index (κ1) is 15.5. The summed E-state index contributed by atoms with van der Waals surface area (Å²) >= 11 is 0. The number of aryl methyl sites for hydroxylation is 4. The molecule has 4 rings (SSSR count). The van der Waals surface area contributed by atoms with Crippen LogP contribution in [-0.2, 0) is 0 Å². The van der Waals surface area contributed by atoms with Gasteiger partial charge in [0.2, 0.25) is 11.7 Å². The van der Waals surface area contributed by atoms with E-state index in [0.29, 0.717) is 11.7 Å². The molecule has 4 heterocycles. The zero-order valence-corrected chi connectivity index (χ0v) is 14.7. The smallest absolute Gasteiger partial charge is 0.234 e. The summed E-state index contributed by atoms with van der Waals surface area (Å²) in [4.78, 5) is 9.12. The number of hydrogen-bond donors (Lipinski definition) is 0. The molecule has 0 radical (unpaired) electrons. The van der Waals surface area contributed by atoms with Crippen LogP contribution in [0.5, 0.6) is 0 Å². The minimum absolute atomic E-state index is 0.106. The summed E-state index contributed by atoms with van der Waals surface area (Å²) in [6.07, 6.45) is 1.71. The van der Waals surface area contributed by atoms with Gasteiger partial charge in [0.1, 0.15) is 5.76 Å². The summed E-state index contributed by atoms with van der Waals surface area (Å²) in [5, 5.41) is 12.5. The Morgan fingerprint density at radius 1 is 1.04 bits per heavy atom. The molecule has 1 unspecified atom stereocenters. The molecule has 8 heteroatoms. The highest BCUT2D eigenvalue weighted by atomic mass is 16.5. The van der Waals surface area contributed by atoms with E-state index in [1.165, 1.54) is 0 Å². The summed E-state index contributed by atoms with van der Waals surface area (Å²) in [5.74, 6) is 1.63. The highest BCUT2D eigenvalue weighted by molar-refractivity contribution is 5.72. The van der Waals surface area contributed by atoms with Crippen molar-refractivity contribution < 1.29 is 9.05 Å². The third kappa shape index (κ3) is 2.41. The van der Waals surface area contributed by atoms with E-state index in [0.717, 1.165) is 39.6 Å². The number of hydrogen-bond acceptors (Lipinski definition) is 7. The van der Waals surface area contributed by atoms with Gasteiger partial charge >= 0.3 is 0 Å². The molecule has 0 aliphatic rings. The zero-order valence-electron chi connectivity index (χ0n) is 14.7. The van der Waals surface area contributed by atoms with Gasteiger partial charge in [-0.2, -0.15) is 10.1 Å². The van der Waals surface area contributed by atoms with Crippen LogP contribution in [0.25, 0.3) is 17.0 Å². The normalized spacial score (nSPS) is 12.8. The van der Waals surface area contributed by atoms with Crippen LogP contribution >= 0.6 is 0 Å². The zero-order chi connectivity index (χ0) is 17.7. The first-order chi connectivity index (χ1) is 12.0. The monoisotopic (exact) mass is 338 g/mol. The molecular weight excluding hydrogens is 320 g/mol. The third-order valence-corrected chi connectivity index (χ3v) is 4.35. The molecule has 0 saturated heterocycles. The summed E-state index contributed by atoms with van der Waals surface area (Å²) in [7, 11) is 0. The maximum atomic E-state index is 5.50. The van der Waals surface area contributed by atoms with Crippen molar-refractivity contribution in [1.82, 2.24) is 29.9 Å². The van der Waals surface area contributed by atoms with Crippen molar-refractivity contribution in [2.24, 2.45) is 0 Å². The lowest BCUT2D eigenvalue weighted by Gasteiger charge is -2.04. The SMILES string of the molecule is Cc1cc(C)n2ncc(-c3noc(C(C)c4c(C)noc4C)n3)c2n1. The molecule has 4 aromatic heterocycles. The fourth-order valence-electron chi connectivity index (χ4n) is 3.18. The Morgan fingerprint density at radius 3 is 2.56 bits per heavy atom. The molecule has 4 aromatic rings. The van der Waals surface area contributed by atoms with Gasteiger partial charge in [0.05, 0.1) is 23.4 Å². The lowest BCUT2D eigenvalue weighted by Crippen LogP contribution is -1.99. The van der Waals surface area contributed by atoms with Crippen LogP contribution in [0.1, 0.15) is 47.1 Å². The van der Waals surface area contributed by atoms with Crippen molar-refractivity contribution in [1.29, 1.82) is 0 Å². The van der Waals surface area contributed by atoms with E-state index in [4.69, 9.17) is 9.05 Å². The first-order valence-electron chi connectivity index (χ1n) is 8.04. The van der Waals surface area contributed by atoms with Gasteiger partial charge in [0.15, 0.2) is 5.65 Å². The topological polar surface area (TPSA) is 95.1 Å². The van der Waals surface area contributed by atoms with Crippen molar-refractivity contribution in [2.45, 2.75) is 40.5 Å². The summed E-state index contributed by atoms with van der Waals surface area (Å²) in [5.41, 5.74) is 5.18. The highest BCUT2D eigenvalue weighted by Crippen LogP contribution is 2.30. The van der Waals surface area contributed by atoms with E-state index in [9.17, 15) is 0 Å². The fraction of sp³-hybridized carbons (Fsp3) is 0.353. The van der Waals surface area contributed by atoms with Crippen molar-refractivity contribution in [3.05, 3.63) is 46.6 Å². The third-order valence-electron chi connectivity index (χ3n) is 4.35. The predicted molar refractivity (Wildman–Crippen MR) is 89.2 cm³/mol. The molecular formula is C17H18N6O2. The van der Waals surface area contributed by atoms with Gasteiger partial charge in [-0.1, -0.05) is 10.3 Å². The standard InChI is InChI=1S/C17H18N6O2/c1-8-6-9(2)23-16(19-8)13(7-18-23)15-20-17(25-22-15)10(3)14-11(4)21-24-12(14)5/h6-7,10H,1-5H3. The number of aromatic nitrogens is 6. The lowest BCUT2D eigenvalue weighted by atomic mass is 9.99. The van der Waals surface area contributed by atoms with Gasteiger partial charge in [-0.3, -0.25) is 0 Å². The van der Waals surface area contributed by atoms with E-state index in [2.05, 4.69) is 25.4 Å². The van der Waals surface area contributed by atoms with Crippen molar-refractivity contribution in [3.63, 3.8) is 0 Å². The van der Waals surface area contributed by atoms with Crippen molar-refractivity contribution in [2.75, 3.05) is 0 Å².